The van der Waals surface area contributed by atoms with Crippen LogP contribution in [0.2, 0.25) is 0 Å². The zero-order chi connectivity index (χ0) is 13.8. The van der Waals surface area contributed by atoms with Gasteiger partial charge in [0.05, 0.1) is 0 Å². The normalized spacial score (nSPS) is 10.5. The van der Waals surface area contributed by atoms with Crippen LogP contribution in [0.5, 0.6) is 0 Å². The second kappa shape index (κ2) is 5.85. The zero-order valence-electron chi connectivity index (χ0n) is 11.4. The molecule has 0 unspecified atom stereocenters. The molecule has 2 aromatic rings. The number of rotatable bonds is 4. The zero-order valence-corrected chi connectivity index (χ0v) is 11.4. The van der Waals surface area contributed by atoms with Crippen LogP contribution in [-0.2, 0) is 13.1 Å². The summed E-state index contributed by atoms with van der Waals surface area (Å²) in [4.78, 5) is 2.02. The van der Waals surface area contributed by atoms with Crippen molar-refractivity contribution in [1.82, 2.24) is 0 Å². The first kappa shape index (κ1) is 13.6. The molecule has 0 spiro atoms. The van der Waals surface area contributed by atoms with Crippen LogP contribution < -0.4 is 10.6 Å². The van der Waals surface area contributed by atoms with Gasteiger partial charge in [0.15, 0.2) is 0 Å². The largest absolute Gasteiger partial charge is 0.370 e. The fourth-order valence-electron chi connectivity index (χ4n) is 2.03. The molecule has 19 heavy (non-hydrogen) atoms. The van der Waals surface area contributed by atoms with Crippen LogP contribution in [0.4, 0.5) is 10.1 Å². The quantitative estimate of drug-likeness (QED) is 0.912. The van der Waals surface area contributed by atoms with E-state index < -0.39 is 0 Å². The minimum atomic E-state index is -0.242. The molecule has 0 aliphatic rings. The Morgan fingerprint density at radius 2 is 1.74 bits per heavy atom. The van der Waals surface area contributed by atoms with E-state index in [1.165, 1.54) is 23.3 Å². The molecular formula is C16H19FN2. The third kappa shape index (κ3) is 3.55. The smallest absolute Gasteiger partial charge is 0.125 e. The molecular weight excluding hydrogens is 239 g/mol. The number of halogens is 1. The van der Waals surface area contributed by atoms with E-state index in [9.17, 15) is 4.39 Å². The minimum absolute atomic E-state index is 0.242. The van der Waals surface area contributed by atoms with Crippen LogP contribution in [0.15, 0.2) is 42.5 Å². The minimum Gasteiger partial charge on any atom is -0.370 e. The van der Waals surface area contributed by atoms with Crippen LogP contribution in [0.1, 0.15) is 16.7 Å². The van der Waals surface area contributed by atoms with Gasteiger partial charge in [-0.2, -0.15) is 0 Å². The Labute approximate surface area is 113 Å². The molecule has 3 heteroatoms. The number of nitrogens with zero attached hydrogens (tertiary/aromatic N) is 1. The Morgan fingerprint density at radius 3 is 2.37 bits per heavy atom. The lowest BCUT2D eigenvalue weighted by molar-refractivity contribution is 0.624. The van der Waals surface area contributed by atoms with Crippen LogP contribution in [0.3, 0.4) is 0 Å². The maximum Gasteiger partial charge on any atom is 0.125 e. The van der Waals surface area contributed by atoms with Gasteiger partial charge >= 0.3 is 0 Å². The van der Waals surface area contributed by atoms with Gasteiger partial charge in [-0.1, -0.05) is 29.8 Å². The van der Waals surface area contributed by atoms with E-state index in [2.05, 4.69) is 31.2 Å². The number of hydrogen-bond donors (Lipinski definition) is 1. The predicted molar refractivity (Wildman–Crippen MR) is 77.6 cm³/mol. The van der Waals surface area contributed by atoms with Gasteiger partial charge in [0, 0.05) is 25.8 Å². The van der Waals surface area contributed by atoms with Crippen molar-refractivity contribution < 1.29 is 4.39 Å². The molecule has 0 bridgehead atoms. The van der Waals surface area contributed by atoms with Crippen molar-refractivity contribution >= 4 is 5.69 Å². The summed E-state index contributed by atoms with van der Waals surface area (Å²) in [5, 5.41) is 0. The van der Waals surface area contributed by atoms with Gasteiger partial charge in [0.1, 0.15) is 5.82 Å². The fraction of sp³-hybridized carbons (Fsp3) is 0.250. The summed E-state index contributed by atoms with van der Waals surface area (Å²) in [6, 6.07) is 13.3. The van der Waals surface area contributed by atoms with Gasteiger partial charge in [-0.05, 0) is 36.2 Å². The molecule has 0 aromatic heterocycles. The number of benzene rings is 2. The van der Waals surface area contributed by atoms with Crippen LogP contribution in [0.25, 0.3) is 0 Å². The van der Waals surface area contributed by atoms with Crippen molar-refractivity contribution in [2.75, 3.05) is 11.9 Å². The molecule has 0 amide bonds. The molecule has 100 valence electrons. The molecule has 0 radical (unpaired) electrons. The molecule has 0 aliphatic heterocycles. The highest BCUT2D eigenvalue weighted by molar-refractivity contribution is 5.49. The molecule has 0 fully saturated rings. The first-order valence-electron chi connectivity index (χ1n) is 6.34. The molecule has 2 rings (SSSR count). The topological polar surface area (TPSA) is 29.3 Å². The maximum atomic E-state index is 13.5. The highest BCUT2D eigenvalue weighted by Crippen LogP contribution is 2.19. The summed E-state index contributed by atoms with van der Waals surface area (Å²) in [7, 11) is 1.95. The summed E-state index contributed by atoms with van der Waals surface area (Å²) in [6.45, 7) is 3.16. The summed E-state index contributed by atoms with van der Waals surface area (Å²) in [5.74, 6) is -0.242. The van der Waals surface area contributed by atoms with E-state index in [-0.39, 0.29) is 5.82 Å². The SMILES string of the molecule is Cc1ccc(CN(C)c2cc(F)cc(CN)c2)cc1. The molecule has 0 heterocycles. The summed E-state index contributed by atoms with van der Waals surface area (Å²) < 4.78 is 13.5. The molecule has 0 saturated carbocycles. The average molecular weight is 258 g/mol. The summed E-state index contributed by atoms with van der Waals surface area (Å²) in [5.41, 5.74) is 9.67. The molecule has 0 aliphatic carbocycles. The lowest BCUT2D eigenvalue weighted by Crippen LogP contribution is -2.17. The lowest BCUT2D eigenvalue weighted by atomic mass is 10.1. The van der Waals surface area contributed by atoms with Gasteiger partial charge in [-0.15, -0.1) is 0 Å². The van der Waals surface area contributed by atoms with Gasteiger partial charge in [0.25, 0.3) is 0 Å². The van der Waals surface area contributed by atoms with E-state index >= 15 is 0 Å². The maximum absolute atomic E-state index is 13.5. The molecule has 2 nitrogen and oxygen atoms in total. The van der Waals surface area contributed by atoms with E-state index in [0.29, 0.717) is 6.54 Å². The fourth-order valence-corrected chi connectivity index (χ4v) is 2.03. The van der Waals surface area contributed by atoms with E-state index in [1.54, 1.807) is 0 Å². The van der Waals surface area contributed by atoms with Gasteiger partial charge < -0.3 is 10.6 Å². The van der Waals surface area contributed by atoms with Gasteiger partial charge in [-0.25, -0.2) is 4.39 Å². The van der Waals surface area contributed by atoms with Crippen LogP contribution >= 0.6 is 0 Å². The van der Waals surface area contributed by atoms with Crippen molar-refractivity contribution in [3.05, 3.63) is 65.0 Å². The van der Waals surface area contributed by atoms with Crippen LogP contribution in [0, 0.1) is 12.7 Å². The number of aryl methyl sites for hydroxylation is 1. The average Bonchev–Trinajstić information content (AvgIpc) is 2.40. The van der Waals surface area contributed by atoms with E-state index in [0.717, 1.165) is 17.8 Å². The highest BCUT2D eigenvalue weighted by Gasteiger charge is 2.05. The molecule has 0 atom stereocenters. The number of anilines is 1. The first-order chi connectivity index (χ1) is 9.08. The second-order valence-electron chi connectivity index (χ2n) is 4.86. The Balaban J connectivity index is 2.17. The first-order valence-corrected chi connectivity index (χ1v) is 6.34. The Kier molecular flexibility index (Phi) is 4.17. The van der Waals surface area contributed by atoms with Crippen molar-refractivity contribution in [2.45, 2.75) is 20.0 Å². The third-order valence-corrected chi connectivity index (χ3v) is 3.16. The highest BCUT2D eigenvalue weighted by atomic mass is 19.1. The standard InChI is InChI=1S/C16H19FN2/c1-12-3-5-13(6-4-12)11-19(2)16-8-14(10-18)7-15(17)9-16/h3-9H,10-11,18H2,1-2H3. The third-order valence-electron chi connectivity index (χ3n) is 3.16. The molecule has 2 aromatic carbocycles. The number of nitrogens with two attached hydrogens (primary N) is 1. The second-order valence-corrected chi connectivity index (χ2v) is 4.86. The van der Waals surface area contributed by atoms with E-state index in [1.807, 2.05) is 18.0 Å². The predicted octanol–water partition coefficient (Wildman–Crippen LogP) is 3.23. The number of hydrogen-bond acceptors (Lipinski definition) is 2. The van der Waals surface area contributed by atoms with Crippen LogP contribution in [-0.4, -0.2) is 7.05 Å². The summed E-state index contributed by atoms with van der Waals surface area (Å²) in [6.07, 6.45) is 0. The van der Waals surface area contributed by atoms with E-state index in [4.69, 9.17) is 5.73 Å². The van der Waals surface area contributed by atoms with Crippen molar-refractivity contribution in [1.29, 1.82) is 0 Å². The Hall–Kier alpha value is -1.87. The molecule has 2 N–H and O–H groups in total. The van der Waals surface area contributed by atoms with Crippen molar-refractivity contribution in [2.24, 2.45) is 5.73 Å². The van der Waals surface area contributed by atoms with Gasteiger partial charge in [-0.3, -0.25) is 0 Å². The van der Waals surface area contributed by atoms with Crippen molar-refractivity contribution in [3.8, 4) is 0 Å². The Bertz CT molecular complexity index is 549. The van der Waals surface area contributed by atoms with Gasteiger partial charge in [0.2, 0.25) is 0 Å². The lowest BCUT2D eigenvalue weighted by Gasteiger charge is -2.20. The molecule has 0 saturated heterocycles. The Morgan fingerprint density at radius 1 is 1.05 bits per heavy atom. The monoisotopic (exact) mass is 258 g/mol. The summed E-state index contributed by atoms with van der Waals surface area (Å²) >= 11 is 0. The van der Waals surface area contributed by atoms with Crippen molar-refractivity contribution in [3.63, 3.8) is 0 Å².